The molecule has 0 bridgehead atoms. The topological polar surface area (TPSA) is 98.7 Å². The van der Waals surface area contributed by atoms with Crippen LogP contribution in [0.2, 0.25) is 0 Å². The van der Waals surface area contributed by atoms with Crippen molar-refractivity contribution in [3.8, 4) is 11.1 Å². The van der Waals surface area contributed by atoms with E-state index in [1.807, 2.05) is 26.0 Å². The van der Waals surface area contributed by atoms with Gasteiger partial charge in [-0.05, 0) is 54.2 Å². The highest BCUT2D eigenvalue weighted by molar-refractivity contribution is 5.93. The van der Waals surface area contributed by atoms with Crippen molar-refractivity contribution in [2.45, 2.75) is 32.6 Å². The van der Waals surface area contributed by atoms with Crippen molar-refractivity contribution in [2.24, 2.45) is 11.7 Å². The van der Waals surface area contributed by atoms with E-state index >= 15 is 0 Å². The number of rotatable bonds is 5. The van der Waals surface area contributed by atoms with E-state index in [4.69, 9.17) is 14.9 Å². The highest BCUT2D eigenvalue weighted by atomic mass is 19.1. The van der Waals surface area contributed by atoms with Gasteiger partial charge in [-0.3, -0.25) is 4.79 Å². The number of halogens is 1. The summed E-state index contributed by atoms with van der Waals surface area (Å²) < 4.78 is 25.4. The number of fused-ring (bicyclic) bond motifs is 1. The highest BCUT2D eigenvalue weighted by Gasteiger charge is 2.28. The molecule has 1 aromatic heterocycles. The van der Waals surface area contributed by atoms with E-state index in [0.29, 0.717) is 48.2 Å². The fraction of sp³-hybridized carbons (Fsp3) is 0.375. The number of nitrogens with two attached hydrogens (primary N) is 1. The van der Waals surface area contributed by atoms with Gasteiger partial charge in [0.2, 0.25) is 0 Å². The molecule has 1 saturated heterocycles. The van der Waals surface area contributed by atoms with Crippen LogP contribution in [0, 0.1) is 11.7 Å². The van der Waals surface area contributed by atoms with Crippen molar-refractivity contribution < 1.29 is 23.1 Å². The Morgan fingerprint density at radius 3 is 2.53 bits per heavy atom. The third-order valence-corrected chi connectivity index (χ3v) is 5.61. The lowest BCUT2D eigenvalue weighted by molar-refractivity contribution is 0.0821. The number of hydrogen-bond donors (Lipinski definition) is 1. The van der Waals surface area contributed by atoms with Crippen LogP contribution >= 0.6 is 0 Å². The Labute approximate surface area is 185 Å². The lowest BCUT2D eigenvalue weighted by Gasteiger charge is -2.30. The number of amides is 2. The molecular formula is C24H26FN3O4. The van der Waals surface area contributed by atoms with Gasteiger partial charge in [-0.2, -0.15) is 0 Å². The maximum absolute atomic E-state index is 14.2. The Morgan fingerprint density at radius 1 is 1.19 bits per heavy atom. The van der Waals surface area contributed by atoms with Gasteiger partial charge >= 0.3 is 6.09 Å². The van der Waals surface area contributed by atoms with Crippen LogP contribution in [0.15, 0.2) is 40.8 Å². The molecule has 8 heteroatoms. The van der Waals surface area contributed by atoms with E-state index < -0.39 is 11.7 Å². The first-order valence-electron chi connectivity index (χ1n) is 10.7. The lowest BCUT2D eigenvalue weighted by atomic mass is 9.97. The summed E-state index contributed by atoms with van der Waals surface area (Å²) in [5, 5.41) is 0. The molecule has 1 aliphatic rings. The molecule has 32 heavy (non-hydrogen) atoms. The zero-order valence-corrected chi connectivity index (χ0v) is 18.1. The maximum atomic E-state index is 14.2. The number of piperidine rings is 1. The number of carbonyl (C=O) groups excluding carboxylic acids is 2. The van der Waals surface area contributed by atoms with Gasteiger partial charge < -0.3 is 19.8 Å². The molecule has 1 fully saturated rings. The Kier molecular flexibility index (Phi) is 6.12. The van der Waals surface area contributed by atoms with Crippen LogP contribution < -0.4 is 5.73 Å². The molecule has 0 radical (unpaired) electrons. The monoisotopic (exact) mass is 439 g/mol. The summed E-state index contributed by atoms with van der Waals surface area (Å²) in [5.41, 5.74) is 7.74. The van der Waals surface area contributed by atoms with Gasteiger partial charge in [-0.25, -0.2) is 14.2 Å². The molecule has 4 rings (SSSR count). The molecule has 7 nitrogen and oxygen atoms in total. The minimum atomic E-state index is -0.801. The van der Waals surface area contributed by atoms with E-state index in [0.717, 1.165) is 18.4 Å². The zero-order chi connectivity index (χ0) is 22.8. The Bertz CT molecular complexity index is 1150. The number of nitrogens with zero attached hydrogens (tertiary/aromatic N) is 2. The van der Waals surface area contributed by atoms with Gasteiger partial charge in [0.15, 0.2) is 11.5 Å². The first kappa shape index (κ1) is 21.8. The number of likely N-dealkylation sites (tertiary alicyclic amines) is 1. The second-order valence-corrected chi connectivity index (χ2v) is 8.53. The van der Waals surface area contributed by atoms with Gasteiger partial charge in [0, 0.05) is 19.0 Å². The molecule has 0 unspecified atom stereocenters. The van der Waals surface area contributed by atoms with Crippen LogP contribution in [-0.2, 0) is 4.74 Å². The fourth-order valence-corrected chi connectivity index (χ4v) is 3.83. The third kappa shape index (κ3) is 4.59. The van der Waals surface area contributed by atoms with Crippen LogP contribution in [-0.4, -0.2) is 41.6 Å². The molecule has 2 aromatic carbocycles. The number of primary amides is 1. The number of oxazole rings is 1. The fourth-order valence-electron chi connectivity index (χ4n) is 3.83. The molecule has 0 saturated carbocycles. The van der Waals surface area contributed by atoms with Gasteiger partial charge in [0.25, 0.3) is 5.91 Å². The van der Waals surface area contributed by atoms with Crippen LogP contribution in [0.5, 0.6) is 0 Å². The van der Waals surface area contributed by atoms with E-state index in [-0.39, 0.29) is 17.6 Å². The standard InChI is InChI=1S/C24H26FN3O4/c1-14(2)13-31-24(30)28-9-7-15(8-10-28)23-27-20-12-17(4-6-21(20)32-23)16-3-5-18(22(26)29)19(25)11-16/h3-6,11-12,14-15H,7-10,13H2,1-2H3,(H2,26,29). The van der Waals surface area contributed by atoms with Gasteiger partial charge in [0.05, 0.1) is 12.2 Å². The average molecular weight is 439 g/mol. The third-order valence-electron chi connectivity index (χ3n) is 5.61. The summed E-state index contributed by atoms with van der Waals surface area (Å²) in [6.45, 7) is 5.62. The van der Waals surface area contributed by atoms with Crippen LogP contribution in [0.25, 0.3) is 22.2 Å². The highest BCUT2D eigenvalue weighted by Crippen LogP contribution is 2.32. The first-order valence-corrected chi connectivity index (χ1v) is 10.7. The SMILES string of the molecule is CC(C)COC(=O)N1CCC(c2nc3cc(-c4ccc(C(N)=O)c(F)c4)ccc3o2)CC1. The second-order valence-electron chi connectivity index (χ2n) is 8.53. The minimum Gasteiger partial charge on any atom is -0.449 e. The van der Waals surface area contributed by atoms with Crippen LogP contribution in [0.4, 0.5) is 9.18 Å². The smallest absolute Gasteiger partial charge is 0.409 e. The summed E-state index contributed by atoms with van der Waals surface area (Å²) in [7, 11) is 0. The van der Waals surface area contributed by atoms with Crippen molar-refractivity contribution in [3.05, 3.63) is 53.7 Å². The summed E-state index contributed by atoms with van der Waals surface area (Å²) in [5.74, 6) is -0.395. The van der Waals surface area contributed by atoms with Gasteiger partial charge in [-0.15, -0.1) is 0 Å². The largest absolute Gasteiger partial charge is 0.449 e. The molecule has 2 amide bonds. The Hall–Kier alpha value is -3.42. The van der Waals surface area contributed by atoms with Crippen molar-refractivity contribution in [2.75, 3.05) is 19.7 Å². The number of hydrogen-bond acceptors (Lipinski definition) is 5. The van der Waals surface area contributed by atoms with Crippen molar-refractivity contribution in [1.29, 1.82) is 0 Å². The summed E-state index contributed by atoms with van der Waals surface area (Å²) >= 11 is 0. The van der Waals surface area contributed by atoms with Crippen molar-refractivity contribution in [1.82, 2.24) is 9.88 Å². The molecule has 168 valence electrons. The molecule has 0 aliphatic carbocycles. The molecule has 2 heterocycles. The number of aromatic nitrogens is 1. The van der Waals surface area contributed by atoms with Crippen molar-refractivity contribution >= 4 is 23.1 Å². The predicted molar refractivity (Wildman–Crippen MR) is 118 cm³/mol. The molecular weight excluding hydrogens is 413 g/mol. The normalized spacial score (nSPS) is 14.8. The van der Waals surface area contributed by atoms with Crippen LogP contribution in [0.3, 0.4) is 0 Å². The average Bonchev–Trinajstić information content (AvgIpc) is 3.20. The van der Waals surface area contributed by atoms with Gasteiger partial charge in [-0.1, -0.05) is 26.0 Å². The molecule has 0 atom stereocenters. The Balaban J connectivity index is 1.47. The summed E-state index contributed by atoms with van der Waals surface area (Å²) in [4.78, 5) is 29.8. The molecule has 2 N–H and O–H groups in total. The number of carbonyl (C=O) groups is 2. The van der Waals surface area contributed by atoms with E-state index in [9.17, 15) is 14.0 Å². The lowest BCUT2D eigenvalue weighted by Crippen LogP contribution is -2.38. The van der Waals surface area contributed by atoms with Crippen LogP contribution in [0.1, 0.15) is 48.9 Å². The van der Waals surface area contributed by atoms with Crippen molar-refractivity contribution in [3.63, 3.8) is 0 Å². The molecule has 1 aliphatic heterocycles. The minimum absolute atomic E-state index is 0.118. The Morgan fingerprint density at radius 2 is 1.88 bits per heavy atom. The summed E-state index contributed by atoms with van der Waals surface area (Å²) in [6, 6.07) is 9.78. The quantitative estimate of drug-likeness (QED) is 0.621. The predicted octanol–water partition coefficient (Wildman–Crippen LogP) is 4.70. The van der Waals surface area contributed by atoms with E-state index in [1.165, 1.54) is 12.1 Å². The summed E-state index contributed by atoms with van der Waals surface area (Å²) in [6.07, 6.45) is 1.22. The number of benzene rings is 2. The van der Waals surface area contributed by atoms with E-state index in [2.05, 4.69) is 4.98 Å². The molecule has 0 spiro atoms. The second kappa shape index (κ2) is 8.98. The molecule has 3 aromatic rings. The van der Waals surface area contributed by atoms with E-state index in [1.54, 1.807) is 17.0 Å². The first-order chi connectivity index (χ1) is 15.3. The van der Waals surface area contributed by atoms with Gasteiger partial charge in [0.1, 0.15) is 11.3 Å². The zero-order valence-electron chi connectivity index (χ0n) is 18.1. The number of ether oxygens (including phenoxy) is 1. The maximum Gasteiger partial charge on any atom is 0.409 e.